The summed E-state index contributed by atoms with van der Waals surface area (Å²) in [5.74, 6) is -0.800. The van der Waals surface area contributed by atoms with E-state index in [0.29, 0.717) is 13.0 Å². The quantitative estimate of drug-likeness (QED) is 0.567. The fourth-order valence-corrected chi connectivity index (χ4v) is 1.40. The smallest absolute Gasteiger partial charge is 0.331 e. The maximum atomic E-state index is 11.4. The molecule has 1 rings (SSSR count). The molecule has 0 saturated heterocycles. The summed E-state index contributed by atoms with van der Waals surface area (Å²) in [6, 6.07) is 9.73. The molecule has 0 amide bonds. The number of rotatable bonds is 7. The van der Waals surface area contributed by atoms with E-state index in [1.807, 2.05) is 44.2 Å². The maximum absolute atomic E-state index is 11.4. The fraction of sp³-hybridized carbons (Fsp3) is 0.375. The normalized spacial score (nSPS) is 10.8. The van der Waals surface area contributed by atoms with E-state index >= 15 is 0 Å². The van der Waals surface area contributed by atoms with Gasteiger partial charge in [-0.25, -0.2) is 9.59 Å². The van der Waals surface area contributed by atoms with Gasteiger partial charge in [-0.05, 0) is 11.5 Å². The third-order valence-electron chi connectivity index (χ3n) is 2.39. The van der Waals surface area contributed by atoms with Gasteiger partial charge in [-0.15, -0.1) is 0 Å². The van der Waals surface area contributed by atoms with Gasteiger partial charge in [0.05, 0.1) is 13.2 Å². The molecule has 0 saturated carbocycles. The molecule has 0 bridgehead atoms. The molecule has 0 aliphatic carbocycles. The van der Waals surface area contributed by atoms with Gasteiger partial charge in [-0.3, -0.25) is 0 Å². The van der Waals surface area contributed by atoms with Gasteiger partial charge in [0.1, 0.15) is 0 Å². The third kappa shape index (κ3) is 7.36. The van der Waals surface area contributed by atoms with E-state index in [-0.39, 0.29) is 12.5 Å². The minimum atomic E-state index is -0.539. The summed E-state index contributed by atoms with van der Waals surface area (Å²) >= 11 is 0. The number of hydrogen-bond acceptors (Lipinski definition) is 4. The van der Waals surface area contributed by atoms with Crippen molar-refractivity contribution in [1.82, 2.24) is 0 Å². The standard InChI is InChI=1S/C16H20O4/c1-13(2)12-20-16(18)9-8-15(17)19-11-10-14-6-4-3-5-7-14/h3-9,13H,10-12H2,1-2H3/b9-8+. The molecule has 0 aliphatic heterocycles. The van der Waals surface area contributed by atoms with Gasteiger partial charge in [0, 0.05) is 18.6 Å². The lowest BCUT2D eigenvalue weighted by Gasteiger charge is -2.04. The highest BCUT2D eigenvalue weighted by atomic mass is 16.5. The van der Waals surface area contributed by atoms with Crippen molar-refractivity contribution in [3.05, 3.63) is 48.0 Å². The van der Waals surface area contributed by atoms with E-state index in [9.17, 15) is 9.59 Å². The SMILES string of the molecule is CC(C)COC(=O)/C=C/C(=O)OCCc1ccccc1. The first-order valence-corrected chi connectivity index (χ1v) is 6.63. The Kier molecular flexibility index (Phi) is 7.11. The van der Waals surface area contributed by atoms with Crippen LogP contribution in [0.25, 0.3) is 0 Å². The predicted octanol–water partition coefficient (Wildman–Crippen LogP) is 2.53. The van der Waals surface area contributed by atoms with Gasteiger partial charge < -0.3 is 9.47 Å². The van der Waals surface area contributed by atoms with Gasteiger partial charge in [-0.2, -0.15) is 0 Å². The summed E-state index contributed by atoms with van der Waals surface area (Å²) in [7, 11) is 0. The van der Waals surface area contributed by atoms with E-state index in [2.05, 4.69) is 0 Å². The van der Waals surface area contributed by atoms with Gasteiger partial charge in [0.25, 0.3) is 0 Å². The molecule has 0 aromatic heterocycles. The molecule has 108 valence electrons. The lowest BCUT2D eigenvalue weighted by atomic mass is 10.2. The first-order valence-electron chi connectivity index (χ1n) is 6.63. The molecule has 4 nitrogen and oxygen atoms in total. The fourth-order valence-electron chi connectivity index (χ4n) is 1.40. The second-order valence-electron chi connectivity index (χ2n) is 4.76. The highest BCUT2D eigenvalue weighted by molar-refractivity contribution is 5.91. The minimum Gasteiger partial charge on any atom is -0.462 e. The van der Waals surface area contributed by atoms with Crippen LogP contribution in [0.15, 0.2) is 42.5 Å². The first-order chi connectivity index (χ1) is 9.58. The molecule has 4 heteroatoms. The number of benzene rings is 1. The van der Waals surface area contributed by atoms with Crippen molar-refractivity contribution in [2.24, 2.45) is 5.92 Å². The molecule has 0 radical (unpaired) electrons. The molecule has 1 aromatic rings. The van der Waals surface area contributed by atoms with E-state index in [4.69, 9.17) is 9.47 Å². The molecule has 0 heterocycles. The summed E-state index contributed by atoms with van der Waals surface area (Å²) in [6.45, 7) is 4.50. The number of ether oxygens (including phenoxy) is 2. The molecule has 0 fully saturated rings. The summed E-state index contributed by atoms with van der Waals surface area (Å²) in [5.41, 5.74) is 1.10. The summed E-state index contributed by atoms with van der Waals surface area (Å²) in [5, 5.41) is 0. The molecule has 0 N–H and O–H groups in total. The van der Waals surface area contributed by atoms with E-state index in [0.717, 1.165) is 17.7 Å². The van der Waals surface area contributed by atoms with Crippen molar-refractivity contribution >= 4 is 11.9 Å². The van der Waals surface area contributed by atoms with Crippen LogP contribution in [0.1, 0.15) is 19.4 Å². The second kappa shape index (κ2) is 8.91. The Morgan fingerprint density at radius 3 is 2.25 bits per heavy atom. The largest absolute Gasteiger partial charge is 0.462 e. The zero-order chi connectivity index (χ0) is 14.8. The predicted molar refractivity (Wildman–Crippen MR) is 76.0 cm³/mol. The number of hydrogen-bond donors (Lipinski definition) is 0. The Hall–Kier alpha value is -2.10. The van der Waals surface area contributed by atoms with Crippen LogP contribution in [0.4, 0.5) is 0 Å². The van der Waals surface area contributed by atoms with Gasteiger partial charge in [-0.1, -0.05) is 44.2 Å². The minimum absolute atomic E-state index is 0.269. The number of carbonyl (C=O) groups excluding carboxylic acids is 2. The average Bonchev–Trinajstić information content (AvgIpc) is 2.44. The van der Waals surface area contributed by atoms with Crippen LogP contribution in [0, 0.1) is 5.92 Å². The lowest BCUT2D eigenvalue weighted by Crippen LogP contribution is -2.09. The van der Waals surface area contributed by atoms with Crippen LogP contribution in [0.2, 0.25) is 0 Å². The number of esters is 2. The van der Waals surface area contributed by atoms with Crippen LogP contribution in [0.3, 0.4) is 0 Å². The van der Waals surface area contributed by atoms with E-state index < -0.39 is 11.9 Å². The van der Waals surface area contributed by atoms with E-state index in [1.165, 1.54) is 0 Å². The second-order valence-corrected chi connectivity index (χ2v) is 4.76. The van der Waals surface area contributed by atoms with Crippen molar-refractivity contribution < 1.29 is 19.1 Å². The summed E-state index contributed by atoms with van der Waals surface area (Å²) in [4.78, 5) is 22.6. The van der Waals surface area contributed by atoms with Gasteiger partial charge in [0.2, 0.25) is 0 Å². The lowest BCUT2D eigenvalue weighted by molar-refractivity contribution is -0.141. The summed E-state index contributed by atoms with van der Waals surface area (Å²) in [6.07, 6.45) is 2.83. The first kappa shape index (κ1) is 16.0. The third-order valence-corrected chi connectivity index (χ3v) is 2.39. The monoisotopic (exact) mass is 276 g/mol. The topological polar surface area (TPSA) is 52.6 Å². The number of carbonyl (C=O) groups is 2. The molecule has 20 heavy (non-hydrogen) atoms. The Balaban J connectivity index is 2.21. The molecule has 0 aliphatic rings. The molecule has 0 spiro atoms. The van der Waals surface area contributed by atoms with Crippen molar-refractivity contribution in [3.63, 3.8) is 0 Å². The summed E-state index contributed by atoms with van der Waals surface area (Å²) < 4.78 is 9.88. The highest BCUT2D eigenvalue weighted by Gasteiger charge is 2.02. The Morgan fingerprint density at radius 2 is 1.65 bits per heavy atom. The van der Waals surface area contributed by atoms with Crippen molar-refractivity contribution in [3.8, 4) is 0 Å². The zero-order valence-electron chi connectivity index (χ0n) is 11.9. The molecular formula is C16H20O4. The van der Waals surface area contributed by atoms with Crippen molar-refractivity contribution in [2.75, 3.05) is 13.2 Å². The molecule has 0 unspecified atom stereocenters. The average molecular weight is 276 g/mol. The van der Waals surface area contributed by atoms with Crippen LogP contribution >= 0.6 is 0 Å². The van der Waals surface area contributed by atoms with Crippen LogP contribution in [-0.4, -0.2) is 25.2 Å². The van der Waals surface area contributed by atoms with Crippen LogP contribution < -0.4 is 0 Å². The Labute approximate surface area is 119 Å². The van der Waals surface area contributed by atoms with Crippen LogP contribution in [0.5, 0.6) is 0 Å². The highest BCUT2D eigenvalue weighted by Crippen LogP contribution is 2.00. The van der Waals surface area contributed by atoms with Crippen molar-refractivity contribution in [2.45, 2.75) is 20.3 Å². The molecule has 1 aromatic carbocycles. The molecular weight excluding hydrogens is 256 g/mol. The van der Waals surface area contributed by atoms with Gasteiger partial charge >= 0.3 is 11.9 Å². The Morgan fingerprint density at radius 1 is 1.05 bits per heavy atom. The molecule has 0 atom stereocenters. The van der Waals surface area contributed by atoms with Gasteiger partial charge in [0.15, 0.2) is 0 Å². The zero-order valence-corrected chi connectivity index (χ0v) is 11.9. The maximum Gasteiger partial charge on any atom is 0.331 e. The van der Waals surface area contributed by atoms with E-state index in [1.54, 1.807) is 0 Å². The Bertz CT molecular complexity index is 449. The van der Waals surface area contributed by atoms with Crippen LogP contribution in [-0.2, 0) is 25.5 Å². The van der Waals surface area contributed by atoms with Crippen molar-refractivity contribution in [1.29, 1.82) is 0 Å².